The Morgan fingerprint density at radius 2 is 2.30 bits per heavy atom. The number of nitrogens with zero attached hydrogens (tertiary/aromatic N) is 3. The van der Waals surface area contributed by atoms with Crippen molar-refractivity contribution in [1.82, 2.24) is 14.7 Å². The third kappa shape index (κ3) is 3.82. The third-order valence-electron chi connectivity index (χ3n) is 3.96. The Kier molecular flexibility index (Phi) is 5.60. The molecule has 112 valence electrons. The van der Waals surface area contributed by atoms with Crippen LogP contribution in [0.25, 0.3) is 0 Å². The van der Waals surface area contributed by atoms with Crippen LogP contribution in [0.3, 0.4) is 0 Å². The summed E-state index contributed by atoms with van der Waals surface area (Å²) >= 11 is 3.32. The van der Waals surface area contributed by atoms with E-state index in [1.54, 1.807) is 13.2 Å². The minimum absolute atomic E-state index is 0.111. The van der Waals surface area contributed by atoms with E-state index < -0.39 is 0 Å². The van der Waals surface area contributed by atoms with Gasteiger partial charge in [0.05, 0.1) is 11.9 Å². The van der Waals surface area contributed by atoms with E-state index in [-0.39, 0.29) is 5.56 Å². The number of hydrogen-bond acceptors (Lipinski definition) is 4. The van der Waals surface area contributed by atoms with Crippen molar-refractivity contribution in [2.24, 2.45) is 7.05 Å². The van der Waals surface area contributed by atoms with Gasteiger partial charge < -0.3 is 10.2 Å². The maximum atomic E-state index is 11.7. The highest BCUT2D eigenvalue weighted by Crippen LogP contribution is 2.17. The molecule has 0 bridgehead atoms. The van der Waals surface area contributed by atoms with Gasteiger partial charge in [-0.2, -0.15) is 5.10 Å². The number of aromatic nitrogens is 2. The van der Waals surface area contributed by atoms with E-state index in [2.05, 4.69) is 38.2 Å². The van der Waals surface area contributed by atoms with Crippen LogP contribution in [0.2, 0.25) is 0 Å². The van der Waals surface area contributed by atoms with Crippen LogP contribution in [-0.2, 0) is 7.05 Å². The molecule has 1 unspecified atom stereocenters. The van der Waals surface area contributed by atoms with Crippen LogP contribution in [-0.4, -0.2) is 40.4 Å². The molecule has 1 atom stereocenters. The van der Waals surface area contributed by atoms with Gasteiger partial charge in [-0.05, 0) is 48.7 Å². The number of nitrogens with one attached hydrogen (secondary N) is 1. The normalized spacial score (nSPS) is 20.1. The Labute approximate surface area is 128 Å². The SMILES string of the molecule is CC1CCCCN1CCCNc1cnn(C)c(=O)c1Br. The van der Waals surface area contributed by atoms with Crippen LogP contribution >= 0.6 is 15.9 Å². The van der Waals surface area contributed by atoms with E-state index in [9.17, 15) is 4.79 Å². The zero-order valence-corrected chi connectivity index (χ0v) is 13.8. The first-order chi connectivity index (χ1) is 9.59. The van der Waals surface area contributed by atoms with Crippen LogP contribution in [0.5, 0.6) is 0 Å². The first kappa shape index (κ1) is 15.5. The number of halogens is 1. The van der Waals surface area contributed by atoms with Crippen LogP contribution in [0, 0.1) is 0 Å². The van der Waals surface area contributed by atoms with Crippen LogP contribution in [0.1, 0.15) is 32.6 Å². The second kappa shape index (κ2) is 7.22. The minimum Gasteiger partial charge on any atom is -0.383 e. The van der Waals surface area contributed by atoms with Gasteiger partial charge in [0.25, 0.3) is 5.56 Å². The summed E-state index contributed by atoms with van der Waals surface area (Å²) in [6.07, 6.45) is 6.77. The molecule has 1 saturated heterocycles. The summed E-state index contributed by atoms with van der Waals surface area (Å²) in [4.78, 5) is 14.3. The molecule has 1 aromatic rings. The minimum atomic E-state index is -0.111. The molecule has 0 amide bonds. The molecule has 1 N–H and O–H groups in total. The Balaban J connectivity index is 1.79. The van der Waals surface area contributed by atoms with Crippen molar-refractivity contribution >= 4 is 21.6 Å². The largest absolute Gasteiger partial charge is 0.383 e. The Bertz CT molecular complexity index is 502. The summed E-state index contributed by atoms with van der Waals surface area (Å²) in [6, 6.07) is 0.709. The van der Waals surface area contributed by atoms with E-state index in [0.29, 0.717) is 10.5 Å². The summed E-state index contributed by atoms with van der Waals surface area (Å²) in [5.74, 6) is 0. The highest BCUT2D eigenvalue weighted by molar-refractivity contribution is 9.10. The van der Waals surface area contributed by atoms with Gasteiger partial charge in [-0.1, -0.05) is 6.42 Å². The van der Waals surface area contributed by atoms with Crippen LogP contribution in [0.15, 0.2) is 15.5 Å². The fraction of sp³-hybridized carbons (Fsp3) is 0.714. The first-order valence-electron chi connectivity index (χ1n) is 7.29. The molecule has 5 nitrogen and oxygen atoms in total. The van der Waals surface area contributed by atoms with E-state index in [1.807, 2.05) is 0 Å². The standard InChI is InChI=1S/C14H23BrN4O/c1-11-6-3-4-8-19(11)9-5-7-16-12-10-17-18(2)14(20)13(12)15/h10-11,16H,3-9H2,1-2H3. The van der Waals surface area contributed by atoms with Crippen molar-refractivity contribution in [2.75, 3.05) is 25.0 Å². The Morgan fingerprint density at radius 3 is 3.05 bits per heavy atom. The molecule has 1 aliphatic rings. The van der Waals surface area contributed by atoms with Crippen molar-refractivity contribution in [3.05, 3.63) is 21.0 Å². The lowest BCUT2D eigenvalue weighted by atomic mass is 10.0. The van der Waals surface area contributed by atoms with Gasteiger partial charge in [0.2, 0.25) is 0 Å². The maximum Gasteiger partial charge on any atom is 0.282 e. The first-order valence-corrected chi connectivity index (χ1v) is 8.08. The van der Waals surface area contributed by atoms with Gasteiger partial charge in [0.15, 0.2) is 0 Å². The van der Waals surface area contributed by atoms with Crippen molar-refractivity contribution in [1.29, 1.82) is 0 Å². The van der Waals surface area contributed by atoms with Gasteiger partial charge >= 0.3 is 0 Å². The average molecular weight is 343 g/mol. The topological polar surface area (TPSA) is 50.2 Å². The summed E-state index contributed by atoms with van der Waals surface area (Å²) < 4.78 is 1.88. The number of anilines is 1. The van der Waals surface area contributed by atoms with Crippen LogP contribution < -0.4 is 10.9 Å². The van der Waals surface area contributed by atoms with Gasteiger partial charge in [0.1, 0.15) is 4.47 Å². The number of hydrogen-bond donors (Lipinski definition) is 1. The summed E-state index contributed by atoms with van der Waals surface area (Å²) in [5.41, 5.74) is 0.666. The molecule has 0 radical (unpaired) electrons. The van der Waals surface area contributed by atoms with Crippen molar-refractivity contribution < 1.29 is 0 Å². The predicted molar refractivity (Wildman–Crippen MR) is 85.2 cm³/mol. The fourth-order valence-corrected chi connectivity index (χ4v) is 3.13. The molecule has 0 spiro atoms. The molecule has 1 aromatic heterocycles. The quantitative estimate of drug-likeness (QED) is 0.833. The molecule has 6 heteroatoms. The molecule has 2 rings (SSSR count). The monoisotopic (exact) mass is 342 g/mol. The molecule has 0 aromatic carbocycles. The van der Waals surface area contributed by atoms with E-state index in [0.717, 1.165) is 25.2 Å². The number of aryl methyl sites for hydroxylation is 1. The zero-order chi connectivity index (χ0) is 14.5. The fourth-order valence-electron chi connectivity index (χ4n) is 2.63. The highest BCUT2D eigenvalue weighted by Gasteiger charge is 2.17. The number of likely N-dealkylation sites (tertiary alicyclic amines) is 1. The summed E-state index contributed by atoms with van der Waals surface area (Å²) in [5, 5.41) is 7.31. The summed E-state index contributed by atoms with van der Waals surface area (Å²) in [6.45, 7) is 5.51. The average Bonchev–Trinajstić information content (AvgIpc) is 2.45. The second-order valence-electron chi connectivity index (χ2n) is 5.46. The third-order valence-corrected chi connectivity index (χ3v) is 4.72. The lowest BCUT2D eigenvalue weighted by Gasteiger charge is -2.33. The number of rotatable bonds is 5. The Morgan fingerprint density at radius 1 is 1.50 bits per heavy atom. The highest BCUT2D eigenvalue weighted by atomic mass is 79.9. The molecular formula is C14H23BrN4O. The van der Waals surface area contributed by atoms with E-state index in [4.69, 9.17) is 0 Å². The molecule has 1 aliphatic heterocycles. The van der Waals surface area contributed by atoms with Crippen LogP contribution in [0.4, 0.5) is 5.69 Å². The zero-order valence-electron chi connectivity index (χ0n) is 12.2. The molecule has 0 saturated carbocycles. The smallest absolute Gasteiger partial charge is 0.282 e. The van der Waals surface area contributed by atoms with Gasteiger partial charge in [0, 0.05) is 26.2 Å². The van der Waals surface area contributed by atoms with Crippen molar-refractivity contribution in [3.63, 3.8) is 0 Å². The van der Waals surface area contributed by atoms with Crippen molar-refractivity contribution in [3.8, 4) is 0 Å². The van der Waals surface area contributed by atoms with E-state index in [1.165, 1.54) is 30.5 Å². The van der Waals surface area contributed by atoms with E-state index >= 15 is 0 Å². The molecular weight excluding hydrogens is 320 g/mol. The summed E-state index contributed by atoms with van der Waals surface area (Å²) in [7, 11) is 1.65. The lowest BCUT2D eigenvalue weighted by Crippen LogP contribution is -2.38. The number of piperidine rings is 1. The molecule has 1 fully saturated rings. The predicted octanol–water partition coefficient (Wildman–Crippen LogP) is 2.22. The second-order valence-corrected chi connectivity index (χ2v) is 6.26. The Hall–Kier alpha value is -0.880. The van der Waals surface area contributed by atoms with Gasteiger partial charge in [-0.3, -0.25) is 4.79 Å². The maximum absolute atomic E-state index is 11.7. The van der Waals surface area contributed by atoms with Crippen molar-refractivity contribution in [2.45, 2.75) is 38.6 Å². The van der Waals surface area contributed by atoms with Gasteiger partial charge in [-0.15, -0.1) is 0 Å². The van der Waals surface area contributed by atoms with Gasteiger partial charge in [-0.25, -0.2) is 4.68 Å². The molecule has 0 aliphatic carbocycles. The lowest BCUT2D eigenvalue weighted by molar-refractivity contribution is 0.160. The molecule has 20 heavy (non-hydrogen) atoms. The molecule has 2 heterocycles.